The fourth-order valence-corrected chi connectivity index (χ4v) is 0.496. The summed E-state index contributed by atoms with van der Waals surface area (Å²) in [4.78, 5) is 10.6. The van der Waals surface area contributed by atoms with Gasteiger partial charge < -0.3 is 9.73 Å². The molecule has 1 rings (SSSR count). The molecule has 0 aliphatic rings. The minimum absolute atomic E-state index is 0.233. The predicted molar refractivity (Wildman–Crippen MR) is 31.5 cm³/mol. The van der Waals surface area contributed by atoms with Crippen LogP contribution >= 0.6 is 0 Å². The number of nitrogens with one attached hydrogen (secondary N) is 1. The van der Waals surface area contributed by atoms with E-state index in [9.17, 15) is 4.79 Å². The molecule has 0 saturated carbocycles. The molecule has 0 atom stereocenters. The first-order valence-corrected chi connectivity index (χ1v) is 2.44. The van der Waals surface area contributed by atoms with Gasteiger partial charge in [-0.05, 0) is 6.07 Å². The Kier molecular flexibility index (Phi) is 1.53. The fraction of sp³-hybridized carbons (Fsp3) is 0. The van der Waals surface area contributed by atoms with Crippen LogP contribution in [0.3, 0.4) is 0 Å². The average molecular weight is 124 g/mol. The number of rotatable bonds is 1. The molecule has 3 nitrogen and oxygen atoms in total. The van der Waals surface area contributed by atoms with Crippen molar-refractivity contribution in [3.63, 3.8) is 0 Å². The van der Waals surface area contributed by atoms with Crippen molar-refractivity contribution in [3.05, 3.63) is 31.2 Å². The smallest absolute Gasteiger partial charge is 0.254 e. The van der Waals surface area contributed by atoms with E-state index in [0.717, 1.165) is 0 Å². The standard InChI is InChI=1S/C6H6NO2/c1-7-6(8)5-2-3-9-4-5/h2-4H,1H2,(H,7,8). The van der Waals surface area contributed by atoms with Crippen molar-refractivity contribution in [1.29, 1.82) is 0 Å². The molecule has 0 aliphatic heterocycles. The summed E-state index contributed by atoms with van der Waals surface area (Å²) in [6.45, 7) is 0. The normalized spacial score (nSPS) is 9.00. The first-order chi connectivity index (χ1) is 4.34. The molecule has 1 radical (unpaired) electrons. The number of hydrogen-bond acceptors (Lipinski definition) is 2. The van der Waals surface area contributed by atoms with Crippen molar-refractivity contribution in [2.75, 3.05) is 0 Å². The van der Waals surface area contributed by atoms with Gasteiger partial charge in [-0.15, -0.1) is 0 Å². The Morgan fingerprint density at radius 1 is 1.78 bits per heavy atom. The van der Waals surface area contributed by atoms with Crippen LogP contribution in [0.2, 0.25) is 0 Å². The van der Waals surface area contributed by atoms with Crippen LogP contribution in [0.25, 0.3) is 0 Å². The third kappa shape index (κ3) is 1.10. The van der Waals surface area contributed by atoms with Gasteiger partial charge in [-0.2, -0.15) is 0 Å². The minimum Gasteiger partial charge on any atom is -0.472 e. The molecular formula is C6H6NO2. The van der Waals surface area contributed by atoms with Gasteiger partial charge in [0.2, 0.25) is 0 Å². The van der Waals surface area contributed by atoms with Crippen LogP contribution in [-0.4, -0.2) is 5.91 Å². The molecule has 1 aromatic heterocycles. The van der Waals surface area contributed by atoms with E-state index >= 15 is 0 Å². The van der Waals surface area contributed by atoms with E-state index in [1.54, 1.807) is 6.07 Å². The minimum atomic E-state index is -0.233. The molecule has 0 unspecified atom stereocenters. The van der Waals surface area contributed by atoms with E-state index < -0.39 is 0 Å². The lowest BCUT2D eigenvalue weighted by Crippen LogP contribution is -2.14. The van der Waals surface area contributed by atoms with E-state index in [2.05, 4.69) is 16.8 Å². The molecule has 0 spiro atoms. The maximum atomic E-state index is 10.6. The lowest BCUT2D eigenvalue weighted by Gasteiger charge is -1.89. The maximum absolute atomic E-state index is 10.6. The second-order valence-electron chi connectivity index (χ2n) is 1.52. The van der Waals surface area contributed by atoms with Gasteiger partial charge in [0.1, 0.15) is 6.26 Å². The molecule has 0 aromatic carbocycles. The highest BCUT2D eigenvalue weighted by Gasteiger charge is 2.01. The first kappa shape index (κ1) is 5.88. The molecular weight excluding hydrogens is 118 g/mol. The Labute approximate surface area is 52.7 Å². The third-order valence-corrected chi connectivity index (χ3v) is 0.944. The number of carbonyl (C=O) groups is 1. The van der Waals surface area contributed by atoms with Gasteiger partial charge in [-0.1, -0.05) is 0 Å². The van der Waals surface area contributed by atoms with E-state index in [4.69, 9.17) is 0 Å². The summed E-state index contributed by atoms with van der Waals surface area (Å²) < 4.78 is 4.65. The Morgan fingerprint density at radius 3 is 3.00 bits per heavy atom. The molecule has 1 amide bonds. The average Bonchev–Trinajstić information content (AvgIpc) is 2.37. The number of furan rings is 1. The SMILES string of the molecule is [CH2]NC(=O)c1ccoc1. The Bertz CT molecular complexity index is 191. The van der Waals surface area contributed by atoms with Crippen molar-refractivity contribution in [2.24, 2.45) is 0 Å². The van der Waals surface area contributed by atoms with Crippen molar-refractivity contribution >= 4 is 5.91 Å². The summed E-state index contributed by atoms with van der Waals surface area (Å²) in [5, 5.41) is 2.22. The second kappa shape index (κ2) is 2.35. The van der Waals surface area contributed by atoms with Gasteiger partial charge in [-0.25, -0.2) is 0 Å². The van der Waals surface area contributed by atoms with Crippen LogP contribution in [0.4, 0.5) is 0 Å². The summed E-state index contributed by atoms with van der Waals surface area (Å²) in [7, 11) is 3.20. The van der Waals surface area contributed by atoms with Crippen molar-refractivity contribution < 1.29 is 9.21 Å². The molecule has 0 bridgehead atoms. The van der Waals surface area contributed by atoms with E-state index in [1.807, 2.05) is 0 Å². The fourth-order valence-electron chi connectivity index (χ4n) is 0.496. The highest BCUT2D eigenvalue weighted by atomic mass is 16.3. The molecule has 1 N–H and O–H groups in total. The third-order valence-electron chi connectivity index (χ3n) is 0.944. The van der Waals surface area contributed by atoms with Crippen LogP contribution in [0.1, 0.15) is 10.4 Å². The molecule has 47 valence electrons. The van der Waals surface area contributed by atoms with Crippen LogP contribution in [0, 0.1) is 7.05 Å². The van der Waals surface area contributed by atoms with Gasteiger partial charge >= 0.3 is 0 Å². The van der Waals surface area contributed by atoms with Crippen molar-refractivity contribution in [3.8, 4) is 0 Å². The van der Waals surface area contributed by atoms with E-state index in [1.165, 1.54) is 12.5 Å². The predicted octanol–water partition coefficient (Wildman–Crippen LogP) is 0.801. The molecule has 1 aromatic rings. The number of amides is 1. The van der Waals surface area contributed by atoms with Crippen LogP contribution in [-0.2, 0) is 0 Å². The summed E-state index contributed by atoms with van der Waals surface area (Å²) >= 11 is 0. The first-order valence-electron chi connectivity index (χ1n) is 2.44. The monoisotopic (exact) mass is 124 g/mol. The zero-order chi connectivity index (χ0) is 6.69. The van der Waals surface area contributed by atoms with Gasteiger partial charge in [-0.3, -0.25) is 4.79 Å². The van der Waals surface area contributed by atoms with Gasteiger partial charge in [0.25, 0.3) is 5.91 Å². The summed E-state index contributed by atoms with van der Waals surface area (Å²) in [6.07, 6.45) is 2.80. The summed E-state index contributed by atoms with van der Waals surface area (Å²) in [6, 6.07) is 1.57. The van der Waals surface area contributed by atoms with Gasteiger partial charge in [0.15, 0.2) is 0 Å². The van der Waals surface area contributed by atoms with Crippen molar-refractivity contribution in [2.45, 2.75) is 0 Å². The molecule has 3 heteroatoms. The molecule has 9 heavy (non-hydrogen) atoms. The van der Waals surface area contributed by atoms with Crippen LogP contribution in [0.5, 0.6) is 0 Å². The summed E-state index contributed by atoms with van der Waals surface area (Å²) in [5.41, 5.74) is 0.491. The Balaban J connectivity index is 2.77. The van der Waals surface area contributed by atoms with Gasteiger partial charge in [0, 0.05) is 7.05 Å². The largest absolute Gasteiger partial charge is 0.472 e. The lowest BCUT2D eigenvalue weighted by atomic mass is 10.3. The highest BCUT2D eigenvalue weighted by Crippen LogP contribution is 1.97. The molecule has 1 heterocycles. The maximum Gasteiger partial charge on any atom is 0.254 e. The topological polar surface area (TPSA) is 42.2 Å². The highest BCUT2D eigenvalue weighted by molar-refractivity contribution is 5.93. The molecule has 0 aliphatic carbocycles. The molecule has 0 fully saturated rings. The summed E-state index contributed by atoms with van der Waals surface area (Å²) in [5.74, 6) is -0.233. The second-order valence-corrected chi connectivity index (χ2v) is 1.52. The zero-order valence-corrected chi connectivity index (χ0v) is 4.76. The lowest BCUT2D eigenvalue weighted by molar-refractivity contribution is 0.0968. The Morgan fingerprint density at radius 2 is 2.56 bits per heavy atom. The number of hydrogen-bond donors (Lipinski definition) is 1. The van der Waals surface area contributed by atoms with Gasteiger partial charge in [0.05, 0.1) is 11.8 Å². The van der Waals surface area contributed by atoms with E-state index in [0.29, 0.717) is 5.56 Å². The van der Waals surface area contributed by atoms with Crippen LogP contribution < -0.4 is 5.32 Å². The zero-order valence-electron chi connectivity index (χ0n) is 4.76. The van der Waals surface area contributed by atoms with Crippen molar-refractivity contribution in [1.82, 2.24) is 5.32 Å². The molecule has 0 saturated heterocycles. The quantitative estimate of drug-likeness (QED) is 0.601. The van der Waals surface area contributed by atoms with E-state index in [-0.39, 0.29) is 5.91 Å². The Hall–Kier alpha value is -1.25. The van der Waals surface area contributed by atoms with Crippen LogP contribution in [0.15, 0.2) is 23.0 Å². The number of carbonyl (C=O) groups excluding carboxylic acids is 1.